The van der Waals surface area contributed by atoms with Gasteiger partial charge in [0.1, 0.15) is 0 Å². The van der Waals surface area contributed by atoms with Gasteiger partial charge in [0.25, 0.3) is 0 Å². The van der Waals surface area contributed by atoms with E-state index in [0.717, 1.165) is 33.7 Å². The molecule has 6 heteroatoms. The van der Waals surface area contributed by atoms with Crippen molar-refractivity contribution >= 4 is 27.7 Å². The van der Waals surface area contributed by atoms with Crippen molar-refractivity contribution in [1.82, 2.24) is 15.5 Å². The predicted octanol–water partition coefficient (Wildman–Crippen LogP) is 3.19. The minimum atomic E-state index is 0.177. The van der Waals surface area contributed by atoms with Crippen LogP contribution < -0.4 is 5.32 Å². The summed E-state index contributed by atoms with van der Waals surface area (Å²) < 4.78 is 6.45. The summed E-state index contributed by atoms with van der Waals surface area (Å²) in [6, 6.07) is 6.24. The fraction of sp³-hybridized carbons (Fsp3) is 0.385. The van der Waals surface area contributed by atoms with Gasteiger partial charge >= 0.3 is 0 Å². The van der Waals surface area contributed by atoms with Gasteiger partial charge in [-0.3, -0.25) is 0 Å². The zero-order chi connectivity index (χ0) is 13.2. The summed E-state index contributed by atoms with van der Waals surface area (Å²) >= 11 is 5.37. The summed E-state index contributed by atoms with van der Waals surface area (Å²) in [4.78, 5) is 4.53. The molecule has 0 bridgehead atoms. The van der Waals surface area contributed by atoms with Gasteiger partial charge in [0, 0.05) is 28.1 Å². The molecule has 2 aromatic rings. The second-order valence-electron chi connectivity index (χ2n) is 4.50. The van der Waals surface area contributed by atoms with E-state index in [4.69, 9.17) is 4.52 Å². The van der Waals surface area contributed by atoms with Crippen molar-refractivity contribution in [2.75, 3.05) is 18.1 Å². The molecular formula is C13H14BrN3OS. The Morgan fingerprint density at radius 3 is 3.11 bits per heavy atom. The van der Waals surface area contributed by atoms with E-state index in [2.05, 4.69) is 37.5 Å². The summed E-state index contributed by atoms with van der Waals surface area (Å²) in [5, 5.41) is 7.50. The van der Waals surface area contributed by atoms with Crippen LogP contribution in [-0.2, 0) is 0 Å². The minimum absolute atomic E-state index is 0.177. The number of halogens is 1. The molecule has 1 aliphatic rings. The van der Waals surface area contributed by atoms with Crippen molar-refractivity contribution in [3.63, 3.8) is 0 Å². The van der Waals surface area contributed by atoms with Crippen LogP contribution in [0.4, 0.5) is 0 Å². The fourth-order valence-electron chi connectivity index (χ4n) is 2.09. The molecule has 19 heavy (non-hydrogen) atoms. The van der Waals surface area contributed by atoms with Crippen LogP contribution in [0.1, 0.15) is 17.5 Å². The van der Waals surface area contributed by atoms with Gasteiger partial charge in [-0.05, 0) is 30.7 Å². The Morgan fingerprint density at radius 2 is 2.37 bits per heavy atom. The van der Waals surface area contributed by atoms with Crippen molar-refractivity contribution in [2.45, 2.75) is 13.0 Å². The van der Waals surface area contributed by atoms with Crippen molar-refractivity contribution in [3.8, 4) is 11.4 Å². The first-order valence-corrected chi connectivity index (χ1v) is 8.10. The smallest absolute Gasteiger partial charge is 0.244 e. The molecule has 1 aliphatic heterocycles. The fourth-order valence-corrected chi connectivity index (χ4v) is 3.49. The molecule has 100 valence electrons. The summed E-state index contributed by atoms with van der Waals surface area (Å²) in [7, 11) is 0. The third-order valence-electron chi connectivity index (χ3n) is 3.09. The molecule has 1 saturated heterocycles. The van der Waals surface area contributed by atoms with E-state index in [1.807, 2.05) is 30.8 Å². The summed E-state index contributed by atoms with van der Waals surface area (Å²) in [6.45, 7) is 3.04. The molecule has 1 N–H and O–H groups in total. The second-order valence-corrected chi connectivity index (χ2v) is 6.56. The highest BCUT2D eigenvalue weighted by Gasteiger charge is 2.22. The monoisotopic (exact) mass is 339 g/mol. The van der Waals surface area contributed by atoms with Gasteiger partial charge in [0.05, 0.1) is 6.04 Å². The van der Waals surface area contributed by atoms with Gasteiger partial charge in [0.15, 0.2) is 0 Å². The topological polar surface area (TPSA) is 51.0 Å². The number of rotatable bonds is 2. The number of thioether (sulfide) groups is 1. The van der Waals surface area contributed by atoms with Gasteiger partial charge in [-0.1, -0.05) is 21.1 Å². The highest BCUT2D eigenvalue weighted by Crippen LogP contribution is 2.26. The Balaban J connectivity index is 1.87. The molecule has 2 heterocycles. The average molecular weight is 340 g/mol. The molecule has 0 aliphatic carbocycles. The third-order valence-corrected chi connectivity index (χ3v) is 4.65. The van der Waals surface area contributed by atoms with Gasteiger partial charge in [-0.25, -0.2) is 0 Å². The van der Waals surface area contributed by atoms with Gasteiger partial charge in [-0.2, -0.15) is 16.7 Å². The van der Waals surface area contributed by atoms with Crippen LogP contribution in [0.25, 0.3) is 11.4 Å². The normalized spacial score (nSPS) is 19.6. The van der Waals surface area contributed by atoms with Crippen molar-refractivity contribution in [1.29, 1.82) is 0 Å². The van der Waals surface area contributed by atoms with Crippen LogP contribution in [0.3, 0.4) is 0 Å². The summed E-state index contributed by atoms with van der Waals surface area (Å²) in [6.07, 6.45) is 0. The Labute approximate surface area is 124 Å². The maximum Gasteiger partial charge on any atom is 0.244 e. The highest BCUT2D eigenvalue weighted by atomic mass is 79.9. The summed E-state index contributed by atoms with van der Waals surface area (Å²) in [5.41, 5.74) is 2.15. The SMILES string of the molecule is Cc1cc(Br)ccc1-c1noc(C2CSCCN2)n1. The number of benzene rings is 1. The first-order chi connectivity index (χ1) is 9.24. The quantitative estimate of drug-likeness (QED) is 0.910. The molecule has 4 nitrogen and oxygen atoms in total. The van der Waals surface area contributed by atoms with Crippen LogP contribution in [0.2, 0.25) is 0 Å². The Kier molecular flexibility index (Phi) is 3.91. The lowest BCUT2D eigenvalue weighted by atomic mass is 10.1. The van der Waals surface area contributed by atoms with Crippen LogP contribution in [-0.4, -0.2) is 28.2 Å². The molecule has 0 saturated carbocycles. The lowest BCUT2D eigenvalue weighted by Gasteiger charge is -2.19. The lowest BCUT2D eigenvalue weighted by molar-refractivity contribution is 0.342. The van der Waals surface area contributed by atoms with E-state index in [9.17, 15) is 0 Å². The van der Waals surface area contributed by atoms with Crippen molar-refractivity contribution < 1.29 is 4.52 Å². The number of nitrogens with zero attached hydrogens (tertiary/aromatic N) is 2. The Bertz CT molecular complexity index is 581. The number of hydrogen-bond acceptors (Lipinski definition) is 5. The lowest BCUT2D eigenvalue weighted by Crippen LogP contribution is -2.30. The van der Waals surface area contributed by atoms with Gasteiger partial charge in [-0.15, -0.1) is 0 Å². The van der Waals surface area contributed by atoms with E-state index >= 15 is 0 Å². The highest BCUT2D eigenvalue weighted by molar-refractivity contribution is 9.10. The molecule has 0 spiro atoms. The largest absolute Gasteiger partial charge is 0.337 e. The van der Waals surface area contributed by atoms with Crippen molar-refractivity contribution in [3.05, 3.63) is 34.1 Å². The molecule has 1 aromatic heterocycles. The summed E-state index contributed by atoms with van der Waals surface area (Å²) in [5.74, 6) is 3.48. The maximum atomic E-state index is 5.40. The van der Waals surface area contributed by atoms with E-state index < -0.39 is 0 Å². The molecule has 1 atom stereocenters. The zero-order valence-corrected chi connectivity index (χ0v) is 12.9. The van der Waals surface area contributed by atoms with Crippen LogP contribution in [0.15, 0.2) is 27.2 Å². The second kappa shape index (κ2) is 5.64. The molecular weight excluding hydrogens is 326 g/mol. The maximum absolute atomic E-state index is 5.40. The van der Waals surface area contributed by atoms with Crippen LogP contribution in [0, 0.1) is 6.92 Å². The van der Waals surface area contributed by atoms with Gasteiger partial charge in [0.2, 0.25) is 11.7 Å². The minimum Gasteiger partial charge on any atom is -0.337 e. The molecule has 0 amide bonds. The van der Waals surface area contributed by atoms with E-state index in [0.29, 0.717) is 11.7 Å². The number of aryl methyl sites for hydroxylation is 1. The molecule has 3 rings (SSSR count). The Morgan fingerprint density at radius 1 is 1.47 bits per heavy atom. The average Bonchev–Trinajstić information content (AvgIpc) is 2.89. The van der Waals surface area contributed by atoms with Crippen LogP contribution in [0.5, 0.6) is 0 Å². The van der Waals surface area contributed by atoms with E-state index in [1.54, 1.807) is 0 Å². The van der Waals surface area contributed by atoms with E-state index in [-0.39, 0.29) is 6.04 Å². The molecule has 1 aromatic carbocycles. The number of hydrogen-bond donors (Lipinski definition) is 1. The first kappa shape index (κ1) is 13.1. The predicted molar refractivity (Wildman–Crippen MR) is 80.2 cm³/mol. The molecule has 1 unspecified atom stereocenters. The Hall–Kier alpha value is -0.850. The van der Waals surface area contributed by atoms with Gasteiger partial charge < -0.3 is 9.84 Å². The third kappa shape index (κ3) is 2.85. The molecule has 1 fully saturated rings. The standard InChI is InChI=1S/C13H14BrN3OS/c1-8-6-9(14)2-3-10(8)12-16-13(18-17-12)11-7-19-5-4-15-11/h2-3,6,11,15H,4-5,7H2,1H3. The van der Waals surface area contributed by atoms with Crippen LogP contribution >= 0.6 is 27.7 Å². The number of nitrogens with one attached hydrogen (secondary N) is 1. The molecule has 0 radical (unpaired) electrons. The first-order valence-electron chi connectivity index (χ1n) is 6.15. The van der Waals surface area contributed by atoms with Crippen molar-refractivity contribution in [2.24, 2.45) is 0 Å². The number of aromatic nitrogens is 2. The van der Waals surface area contributed by atoms with E-state index in [1.165, 1.54) is 0 Å². The zero-order valence-electron chi connectivity index (χ0n) is 10.5.